The van der Waals surface area contributed by atoms with Gasteiger partial charge < -0.3 is 10.7 Å². The summed E-state index contributed by atoms with van der Waals surface area (Å²) in [5, 5.41) is 12.4. The highest BCUT2D eigenvalue weighted by Crippen LogP contribution is 2.37. The second kappa shape index (κ2) is 8.47. The van der Waals surface area contributed by atoms with Crippen molar-refractivity contribution in [1.82, 2.24) is 14.9 Å². The maximum atomic E-state index is 13.2. The maximum Gasteiger partial charge on any atom is 0.240 e. The van der Waals surface area contributed by atoms with Crippen LogP contribution in [-0.2, 0) is 17.6 Å². The van der Waals surface area contributed by atoms with E-state index in [0.717, 1.165) is 24.2 Å². The number of amides is 1. The van der Waals surface area contributed by atoms with Crippen molar-refractivity contribution in [3.05, 3.63) is 70.5 Å². The van der Waals surface area contributed by atoms with E-state index in [9.17, 15) is 4.79 Å². The van der Waals surface area contributed by atoms with Gasteiger partial charge in [-0.3, -0.25) is 4.79 Å². The van der Waals surface area contributed by atoms with Crippen molar-refractivity contribution >= 4 is 35.0 Å². The van der Waals surface area contributed by atoms with E-state index in [0.29, 0.717) is 15.9 Å². The molecule has 29 heavy (non-hydrogen) atoms. The van der Waals surface area contributed by atoms with E-state index in [2.05, 4.69) is 52.1 Å². The third-order valence-electron chi connectivity index (χ3n) is 4.94. The molecule has 0 fully saturated rings. The van der Waals surface area contributed by atoms with E-state index in [1.807, 2.05) is 11.6 Å². The Labute approximate surface area is 179 Å². The van der Waals surface area contributed by atoms with Crippen molar-refractivity contribution in [2.45, 2.75) is 43.1 Å². The SMILES string of the molecule is CCc1ccc([C@H]2Nn3c(CC)nnc3S[C@H]2C(=O)Nc2ccc(Cl)cc2)cc1. The lowest BCUT2D eigenvalue weighted by atomic mass is 10.0. The van der Waals surface area contributed by atoms with Crippen LogP contribution < -0.4 is 10.7 Å². The first-order valence-corrected chi connectivity index (χ1v) is 10.9. The van der Waals surface area contributed by atoms with E-state index < -0.39 is 5.25 Å². The Hall–Kier alpha value is -2.51. The third kappa shape index (κ3) is 4.11. The van der Waals surface area contributed by atoms with Gasteiger partial charge in [0.2, 0.25) is 11.1 Å². The molecule has 150 valence electrons. The number of carbonyl (C=O) groups excluding carboxylic acids is 1. The summed E-state index contributed by atoms with van der Waals surface area (Å²) in [7, 11) is 0. The number of fused-ring (bicyclic) bond motifs is 1. The zero-order valence-electron chi connectivity index (χ0n) is 16.2. The lowest BCUT2D eigenvalue weighted by Crippen LogP contribution is -2.41. The second-order valence-electron chi connectivity index (χ2n) is 6.82. The van der Waals surface area contributed by atoms with Gasteiger partial charge in [-0.15, -0.1) is 10.2 Å². The normalized spacial score (nSPS) is 18.0. The number of rotatable bonds is 5. The summed E-state index contributed by atoms with van der Waals surface area (Å²) in [6, 6.07) is 15.3. The number of aryl methyl sites for hydroxylation is 2. The molecule has 2 aromatic carbocycles. The Bertz CT molecular complexity index is 1000. The predicted octanol–water partition coefficient (Wildman–Crippen LogP) is 4.45. The van der Waals surface area contributed by atoms with E-state index >= 15 is 0 Å². The molecule has 2 N–H and O–H groups in total. The van der Waals surface area contributed by atoms with E-state index in [1.54, 1.807) is 24.3 Å². The minimum absolute atomic E-state index is 0.0957. The molecule has 0 bridgehead atoms. The number of hydrogen-bond acceptors (Lipinski definition) is 5. The molecule has 2 atom stereocenters. The Kier molecular flexibility index (Phi) is 5.78. The van der Waals surface area contributed by atoms with Gasteiger partial charge in [0.1, 0.15) is 5.25 Å². The average Bonchev–Trinajstić information content (AvgIpc) is 3.16. The summed E-state index contributed by atoms with van der Waals surface area (Å²) in [5.41, 5.74) is 6.49. The lowest BCUT2D eigenvalue weighted by Gasteiger charge is -2.33. The largest absolute Gasteiger partial charge is 0.325 e. The van der Waals surface area contributed by atoms with Gasteiger partial charge in [-0.1, -0.05) is 61.5 Å². The monoisotopic (exact) mass is 427 g/mol. The summed E-state index contributed by atoms with van der Waals surface area (Å²) in [6.45, 7) is 4.16. The van der Waals surface area contributed by atoms with Crippen LogP contribution in [0.25, 0.3) is 0 Å². The van der Waals surface area contributed by atoms with Crippen LogP contribution >= 0.6 is 23.4 Å². The first-order chi connectivity index (χ1) is 14.1. The first-order valence-electron chi connectivity index (χ1n) is 9.61. The summed E-state index contributed by atoms with van der Waals surface area (Å²) in [4.78, 5) is 13.2. The van der Waals surface area contributed by atoms with Crippen LogP contribution in [0.15, 0.2) is 53.7 Å². The molecular formula is C21H22ClN5OS. The van der Waals surface area contributed by atoms with Crippen LogP contribution in [0, 0.1) is 0 Å². The second-order valence-corrected chi connectivity index (χ2v) is 8.37. The fourth-order valence-corrected chi connectivity index (χ4v) is 4.51. The molecule has 1 amide bonds. The van der Waals surface area contributed by atoms with Gasteiger partial charge in [0.15, 0.2) is 5.82 Å². The molecule has 4 rings (SSSR count). The Morgan fingerprint density at radius 3 is 2.48 bits per heavy atom. The maximum absolute atomic E-state index is 13.2. The van der Waals surface area contributed by atoms with Gasteiger partial charge in [0, 0.05) is 17.1 Å². The Morgan fingerprint density at radius 1 is 1.10 bits per heavy atom. The number of benzene rings is 2. The number of thioether (sulfide) groups is 1. The number of carbonyl (C=O) groups is 1. The van der Waals surface area contributed by atoms with Gasteiger partial charge >= 0.3 is 0 Å². The number of nitrogens with one attached hydrogen (secondary N) is 2. The van der Waals surface area contributed by atoms with Crippen LogP contribution in [0.5, 0.6) is 0 Å². The van der Waals surface area contributed by atoms with Crippen molar-refractivity contribution in [1.29, 1.82) is 0 Å². The topological polar surface area (TPSA) is 71.8 Å². The Balaban J connectivity index is 1.65. The molecule has 1 aromatic heterocycles. The van der Waals surface area contributed by atoms with Crippen molar-refractivity contribution in [2.75, 3.05) is 10.7 Å². The molecular weight excluding hydrogens is 406 g/mol. The fourth-order valence-electron chi connectivity index (χ4n) is 3.29. The predicted molar refractivity (Wildman–Crippen MR) is 117 cm³/mol. The van der Waals surface area contributed by atoms with E-state index in [1.165, 1.54) is 17.3 Å². The number of aromatic nitrogens is 3. The summed E-state index contributed by atoms with van der Waals surface area (Å²) < 4.78 is 1.90. The lowest BCUT2D eigenvalue weighted by molar-refractivity contribution is -0.116. The van der Waals surface area contributed by atoms with Crippen molar-refractivity contribution in [3.63, 3.8) is 0 Å². The zero-order valence-corrected chi connectivity index (χ0v) is 17.8. The first kappa shape index (κ1) is 19.8. The summed E-state index contributed by atoms with van der Waals surface area (Å²) in [5.74, 6) is 0.751. The van der Waals surface area contributed by atoms with Crippen LogP contribution in [0.2, 0.25) is 5.02 Å². The average molecular weight is 428 g/mol. The molecule has 0 unspecified atom stereocenters. The summed E-state index contributed by atoms with van der Waals surface area (Å²) >= 11 is 7.38. The quantitative estimate of drug-likeness (QED) is 0.629. The molecule has 1 aliphatic rings. The highest BCUT2D eigenvalue weighted by atomic mass is 35.5. The number of nitrogens with zero attached hydrogens (tertiary/aromatic N) is 3. The molecule has 1 aliphatic heterocycles. The van der Waals surface area contributed by atoms with Gasteiger partial charge in [-0.2, -0.15) is 0 Å². The number of hydrogen-bond donors (Lipinski definition) is 2. The van der Waals surface area contributed by atoms with Crippen molar-refractivity contribution in [2.24, 2.45) is 0 Å². The zero-order chi connectivity index (χ0) is 20.4. The standard InChI is InChI=1S/C21H22ClN5OS/c1-3-13-5-7-14(8-6-13)18-19(20(28)23-16-11-9-15(22)10-12-16)29-21-25-24-17(4-2)27(21)26-18/h5-12,18-19,26H,3-4H2,1-2H3,(H,23,28)/t18-,19-/m1/s1. The van der Waals surface area contributed by atoms with Gasteiger partial charge in [-0.05, 0) is 41.8 Å². The van der Waals surface area contributed by atoms with Gasteiger partial charge in [0.25, 0.3) is 0 Å². The molecule has 2 heterocycles. The minimum Gasteiger partial charge on any atom is -0.325 e. The molecule has 0 radical (unpaired) electrons. The number of halogens is 1. The van der Waals surface area contributed by atoms with Gasteiger partial charge in [-0.25, -0.2) is 4.68 Å². The fraction of sp³-hybridized carbons (Fsp3) is 0.286. The third-order valence-corrected chi connectivity index (χ3v) is 6.40. The van der Waals surface area contributed by atoms with Crippen LogP contribution in [0.4, 0.5) is 5.69 Å². The Morgan fingerprint density at radius 2 is 1.83 bits per heavy atom. The molecule has 0 spiro atoms. The van der Waals surface area contributed by atoms with Crippen LogP contribution in [-0.4, -0.2) is 26.0 Å². The van der Waals surface area contributed by atoms with E-state index in [-0.39, 0.29) is 11.9 Å². The smallest absolute Gasteiger partial charge is 0.240 e. The van der Waals surface area contributed by atoms with E-state index in [4.69, 9.17) is 11.6 Å². The highest BCUT2D eigenvalue weighted by molar-refractivity contribution is 8.00. The highest BCUT2D eigenvalue weighted by Gasteiger charge is 2.37. The molecule has 0 saturated carbocycles. The molecule has 6 nitrogen and oxygen atoms in total. The summed E-state index contributed by atoms with van der Waals surface area (Å²) in [6.07, 6.45) is 1.73. The van der Waals surface area contributed by atoms with Gasteiger partial charge in [0.05, 0.1) is 6.04 Å². The van der Waals surface area contributed by atoms with Crippen LogP contribution in [0.1, 0.15) is 36.8 Å². The molecule has 8 heteroatoms. The molecule has 3 aromatic rings. The molecule has 0 aliphatic carbocycles. The van der Waals surface area contributed by atoms with Crippen molar-refractivity contribution in [3.8, 4) is 0 Å². The molecule has 0 saturated heterocycles. The van der Waals surface area contributed by atoms with Crippen molar-refractivity contribution < 1.29 is 4.79 Å². The minimum atomic E-state index is -0.403. The van der Waals surface area contributed by atoms with Crippen LogP contribution in [0.3, 0.4) is 0 Å². The number of anilines is 1.